The van der Waals surface area contributed by atoms with E-state index in [1.807, 2.05) is 52.0 Å². The Morgan fingerprint density at radius 2 is 1.59 bits per heavy atom. The molecule has 0 fully saturated rings. The Labute approximate surface area is 183 Å². The number of carbonyl (C=O) groups excluding carboxylic acids is 2. The summed E-state index contributed by atoms with van der Waals surface area (Å²) in [6.45, 7) is 9.86. The molecule has 0 saturated heterocycles. The minimum Gasteiger partial charge on any atom is -0.352 e. The molecule has 0 heterocycles. The predicted molar refractivity (Wildman–Crippen MR) is 119 cm³/mol. The van der Waals surface area contributed by atoms with Crippen LogP contribution >= 0.6 is 23.2 Å². The third kappa shape index (κ3) is 6.48. The second-order valence-corrected chi connectivity index (χ2v) is 8.52. The van der Waals surface area contributed by atoms with E-state index in [0.29, 0.717) is 10.0 Å². The lowest BCUT2D eigenvalue weighted by Crippen LogP contribution is -2.49. The molecule has 2 aromatic rings. The Hall–Kier alpha value is -2.04. The topological polar surface area (TPSA) is 49.4 Å². The molecule has 0 saturated carbocycles. The van der Waals surface area contributed by atoms with Crippen molar-refractivity contribution >= 4 is 35.0 Å². The molecule has 0 aromatic heterocycles. The Morgan fingerprint density at radius 1 is 0.931 bits per heavy atom. The maximum atomic E-state index is 13.2. The van der Waals surface area contributed by atoms with Gasteiger partial charge in [0.1, 0.15) is 6.04 Å². The zero-order valence-electron chi connectivity index (χ0n) is 17.6. The van der Waals surface area contributed by atoms with Crippen LogP contribution in [0.4, 0.5) is 0 Å². The van der Waals surface area contributed by atoms with Crippen molar-refractivity contribution in [2.24, 2.45) is 0 Å². The number of carbonyl (C=O) groups is 2. The molecule has 2 amide bonds. The maximum Gasteiger partial charge on any atom is 0.242 e. The van der Waals surface area contributed by atoms with Gasteiger partial charge < -0.3 is 10.2 Å². The van der Waals surface area contributed by atoms with Gasteiger partial charge in [-0.1, -0.05) is 47.5 Å². The van der Waals surface area contributed by atoms with E-state index >= 15 is 0 Å². The summed E-state index contributed by atoms with van der Waals surface area (Å²) in [7, 11) is 0. The smallest absolute Gasteiger partial charge is 0.242 e. The molecule has 29 heavy (non-hydrogen) atoms. The molecular weight excluding hydrogens is 407 g/mol. The molecule has 2 rings (SSSR count). The van der Waals surface area contributed by atoms with Crippen LogP contribution in [0.25, 0.3) is 0 Å². The van der Waals surface area contributed by atoms with Gasteiger partial charge in [-0.05, 0) is 69.0 Å². The van der Waals surface area contributed by atoms with Crippen LogP contribution in [-0.2, 0) is 22.6 Å². The molecule has 0 aliphatic rings. The second-order valence-electron chi connectivity index (χ2n) is 7.70. The molecule has 1 N–H and O–H groups in total. The van der Waals surface area contributed by atoms with E-state index in [9.17, 15) is 9.59 Å². The summed E-state index contributed by atoms with van der Waals surface area (Å²) in [5.74, 6) is -0.306. The molecule has 156 valence electrons. The fraction of sp³-hybridized carbons (Fsp3) is 0.391. The zero-order chi connectivity index (χ0) is 21.7. The van der Waals surface area contributed by atoms with Crippen molar-refractivity contribution in [2.45, 2.75) is 59.7 Å². The number of benzene rings is 2. The molecule has 0 radical (unpaired) electrons. The largest absolute Gasteiger partial charge is 0.352 e. The summed E-state index contributed by atoms with van der Waals surface area (Å²) >= 11 is 12.1. The molecule has 0 spiro atoms. The quantitative estimate of drug-likeness (QED) is 0.658. The summed E-state index contributed by atoms with van der Waals surface area (Å²) < 4.78 is 0. The van der Waals surface area contributed by atoms with Gasteiger partial charge in [0.25, 0.3) is 0 Å². The third-order valence-electron chi connectivity index (χ3n) is 4.86. The van der Waals surface area contributed by atoms with Crippen molar-refractivity contribution in [1.82, 2.24) is 10.2 Å². The van der Waals surface area contributed by atoms with Crippen LogP contribution in [0.5, 0.6) is 0 Å². The second kappa shape index (κ2) is 10.1. The van der Waals surface area contributed by atoms with Gasteiger partial charge in [0.15, 0.2) is 0 Å². The number of hydrogen-bond donors (Lipinski definition) is 1. The molecule has 1 atom stereocenters. The van der Waals surface area contributed by atoms with Gasteiger partial charge in [-0.3, -0.25) is 9.59 Å². The first-order valence-corrected chi connectivity index (χ1v) is 10.4. The number of halogens is 2. The van der Waals surface area contributed by atoms with Gasteiger partial charge in [-0.25, -0.2) is 0 Å². The minimum absolute atomic E-state index is 0.00775. The van der Waals surface area contributed by atoms with E-state index in [4.69, 9.17) is 23.2 Å². The van der Waals surface area contributed by atoms with Crippen LogP contribution in [0.2, 0.25) is 10.0 Å². The number of hydrogen-bond acceptors (Lipinski definition) is 2. The van der Waals surface area contributed by atoms with Crippen LogP contribution in [0.3, 0.4) is 0 Å². The lowest BCUT2D eigenvalue weighted by atomic mass is 10.0. The molecule has 4 nitrogen and oxygen atoms in total. The predicted octanol–water partition coefficient (Wildman–Crippen LogP) is 5.09. The highest BCUT2D eigenvalue weighted by Gasteiger charge is 2.26. The summed E-state index contributed by atoms with van der Waals surface area (Å²) in [5, 5.41) is 3.76. The van der Waals surface area contributed by atoms with Crippen molar-refractivity contribution in [3.63, 3.8) is 0 Å². The van der Waals surface area contributed by atoms with Gasteiger partial charge in [0, 0.05) is 12.6 Å². The van der Waals surface area contributed by atoms with E-state index < -0.39 is 6.04 Å². The fourth-order valence-corrected chi connectivity index (χ4v) is 3.33. The van der Waals surface area contributed by atoms with E-state index in [0.717, 1.165) is 16.7 Å². The van der Waals surface area contributed by atoms with Crippen molar-refractivity contribution in [3.05, 3.63) is 68.7 Å². The number of nitrogens with one attached hydrogen (secondary N) is 1. The average Bonchev–Trinajstić information content (AvgIpc) is 2.64. The lowest BCUT2D eigenvalue weighted by molar-refractivity contribution is -0.140. The van der Waals surface area contributed by atoms with Crippen molar-refractivity contribution in [2.75, 3.05) is 0 Å². The van der Waals surface area contributed by atoms with E-state index in [2.05, 4.69) is 5.32 Å². The Bertz CT molecular complexity index is 896. The number of rotatable bonds is 7. The van der Waals surface area contributed by atoms with Gasteiger partial charge in [0.05, 0.1) is 16.5 Å². The van der Waals surface area contributed by atoms with Crippen LogP contribution in [0.15, 0.2) is 36.4 Å². The minimum atomic E-state index is -0.620. The van der Waals surface area contributed by atoms with Crippen molar-refractivity contribution in [1.29, 1.82) is 0 Å². The first-order chi connectivity index (χ1) is 13.6. The third-order valence-corrected chi connectivity index (χ3v) is 5.60. The van der Waals surface area contributed by atoms with Gasteiger partial charge in [-0.15, -0.1) is 0 Å². The standard InChI is InChI=1S/C23H28Cl2N2O2/c1-14(2)26-23(29)17(5)27(13-19-8-9-20(24)21(25)11-19)22(28)12-18-7-6-15(3)16(4)10-18/h6-11,14,17H,12-13H2,1-5H3,(H,26,29)/t17-/m1/s1. The molecule has 0 aliphatic carbocycles. The fourth-order valence-electron chi connectivity index (χ4n) is 3.01. The van der Waals surface area contributed by atoms with Gasteiger partial charge in [-0.2, -0.15) is 0 Å². The van der Waals surface area contributed by atoms with Gasteiger partial charge in [0.2, 0.25) is 11.8 Å². The molecular formula is C23H28Cl2N2O2. The summed E-state index contributed by atoms with van der Waals surface area (Å²) in [6.07, 6.45) is 0.224. The van der Waals surface area contributed by atoms with Gasteiger partial charge >= 0.3 is 0 Å². The van der Waals surface area contributed by atoms with Crippen LogP contribution in [0.1, 0.15) is 43.0 Å². The first-order valence-electron chi connectivity index (χ1n) is 9.68. The number of amides is 2. The van der Waals surface area contributed by atoms with E-state index in [1.165, 1.54) is 5.56 Å². The molecule has 6 heteroatoms. The van der Waals surface area contributed by atoms with Crippen molar-refractivity contribution in [3.8, 4) is 0 Å². The Kier molecular flexibility index (Phi) is 8.12. The summed E-state index contributed by atoms with van der Waals surface area (Å²) in [4.78, 5) is 27.4. The SMILES string of the molecule is Cc1ccc(CC(=O)N(Cc2ccc(Cl)c(Cl)c2)[C@H](C)C(=O)NC(C)C)cc1C. The molecule has 0 unspecified atom stereocenters. The molecule has 2 aromatic carbocycles. The highest BCUT2D eigenvalue weighted by Crippen LogP contribution is 2.24. The highest BCUT2D eigenvalue weighted by molar-refractivity contribution is 6.42. The Balaban J connectivity index is 2.28. The van der Waals surface area contributed by atoms with E-state index in [1.54, 1.807) is 24.0 Å². The van der Waals surface area contributed by atoms with Crippen LogP contribution in [-0.4, -0.2) is 28.8 Å². The first kappa shape index (κ1) is 23.2. The lowest BCUT2D eigenvalue weighted by Gasteiger charge is -2.29. The van der Waals surface area contributed by atoms with E-state index in [-0.39, 0.29) is 30.8 Å². The Morgan fingerprint density at radius 3 is 2.17 bits per heavy atom. The molecule has 0 aliphatic heterocycles. The highest BCUT2D eigenvalue weighted by atomic mass is 35.5. The summed E-state index contributed by atoms with van der Waals surface area (Å²) in [5.41, 5.74) is 4.06. The monoisotopic (exact) mass is 434 g/mol. The van der Waals surface area contributed by atoms with Crippen molar-refractivity contribution < 1.29 is 9.59 Å². The number of nitrogens with zero attached hydrogens (tertiary/aromatic N) is 1. The maximum absolute atomic E-state index is 13.2. The molecule has 0 bridgehead atoms. The number of aryl methyl sites for hydroxylation is 2. The average molecular weight is 435 g/mol. The van der Waals surface area contributed by atoms with Crippen LogP contribution in [0, 0.1) is 13.8 Å². The van der Waals surface area contributed by atoms with Crippen LogP contribution < -0.4 is 5.32 Å². The zero-order valence-corrected chi connectivity index (χ0v) is 19.1. The normalized spacial score (nSPS) is 12.0. The summed E-state index contributed by atoms with van der Waals surface area (Å²) in [6, 6.07) is 10.6.